The predicted molar refractivity (Wildman–Crippen MR) is 100 cm³/mol. The van der Waals surface area contributed by atoms with Gasteiger partial charge in [-0.15, -0.1) is 0 Å². The molecule has 0 saturated carbocycles. The van der Waals surface area contributed by atoms with Crippen molar-refractivity contribution in [2.75, 3.05) is 6.61 Å². The van der Waals surface area contributed by atoms with Crippen molar-refractivity contribution in [2.24, 2.45) is 0 Å². The molecule has 0 bridgehead atoms. The van der Waals surface area contributed by atoms with Crippen molar-refractivity contribution in [1.29, 1.82) is 0 Å². The second kappa shape index (κ2) is 9.11. The van der Waals surface area contributed by atoms with Crippen LogP contribution in [-0.4, -0.2) is 24.7 Å². The fourth-order valence-electron chi connectivity index (χ4n) is 2.49. The number of hydrogen-bond donors (Lipinski definition) is 1. The molecule has 0 unspecified atom stereocenters. The Kier molecular flexibility index (Phi) is 6.87. The molecule has 4 nitrogen and oxygen atoms in total. The summed E-state index contributed by atoms with van der Waals surface area (Å²) in [6, 6.07) is 15.5. The van der Waals surface area contributed by atoms with E-state index in [9.17, 15) is 4.79 Å². The van der Waals surface area contributed by atoms with Gasteiger partial charge in [-0.2, -0.15) is 0 Å². The van der Waals surface area contributed by atoms with Gasteiger partial charge in [0.2, 0.25) is 0 Å². The van der Waals surface area contributed by atoms with Gasteiger partial charge in [-0.05, 0) is 56.5 Å². The van der Waals surface area contributed by atoms with Crippen LogP contribution in [0, 0.1) is 13.8 Å². The van der Waals surface area contributed by atoms with Gasteiger partial charge in [-0.3, -0.25) is 4.79 Å². The molecule has 0 radical (unpaired) electrons. The number of benzene rings is 2. The number of nitrogens with one attached hydrogen (secondary N) is 1. The van der Waals surface area contributed by atoms with Crippen LogP contribution in [0.2, 0.25) is 0 Å². The predicted octanol–water partition coefficient (Wildman–Crippen LogP) is 4.04. The summed E-state index contributed by atoms with van der Waals surface area (Å²) in [6.45, 7) is 8.28. The van der Waals surface area contributed by atoms with Crippen LogP contribution in [0.15, 0.2) is 48.5 Å². The first-order chi connectivity index (χ1) is 12.0. The highest BCUT2D eigenvalue weighted by Gasteiger charge is 2.20. The van der Waals surface area contributed by atoms with E-state index >= 15 is 0 Å². The van der Waals surface area contributed by atoms with Crippen LogP contribution in [0.5, 0.6) is 11.5 Å². The second-order valence-electron chi connectivity index (χ2n) is 6.32. The van der Waals surface area contributed by atoms with Crippen LogP contribution in [-0.2, 0) is 4.79 Å². The molecule has 2 atom stereocenters. The van der Waals surface area contributed by atoms with E-state index < -0.39 is 6.10 Å². The molecule has 0 aromatic heterocycles. The van der Waals surface area contributed by atoms with Gasteiger partial charge in [0.05, 0.1) is 6.04 Å². The summed E-state index contributed by atoms with van der Waals surface area (Å²) in [5.41, 5.74) is 2.18. The minimum absolute atomic E-state index is 0.109. The standard InChI is InChI=1S/C21H27NO3/c1-5-19(25-18-11-8-9-15(2)13-18)21(23)22-17(4)14-24-20-12-7-6-10-16(20)3/h6-13,17,19H,5,14H2,1-4H3,(H,22,23)/t17-,19+/m0/s1. The van der Waals surface area contributed by atoms with Crippen LogP contribution in [0.4, 0.5) is 0 Å². The molecule has 1 N–H and O–H groups in total. The van der Waals surface area contributed by atoms with Crippen molar-refractivity contribution in [3.63, 3.8) is 0 Å². The Morgan fingerprint density at radius 2 is 1.88 bits per heavy atom. The van der Waals surface area contributed by atoms with Crippen LogP contribution in [0.3, 0.4) is 0 Å². The summed E-state index contributed by atoms with van der Waals surface area (Å²) in [5.74, 6) is 1.43. The molecular weight excluding hydrogens is 314 g/mol. The Balaban J connectivity index is 1.87. The summed E-state index contributed by atoms with van der Waals surface area (Å²) in [6.07, 6.45) is 0.0909. The molecule has 4 heteroatoms. The van der Waals surface area contributed by atoms with Gasteiger partial charge in [0.1, 0.15) is 18.1 Å². The molecule has 0 aliphatic carbocycles. The summed E-state index contributed by atoms with van der Waals surface area (Å²) in [5, 5.41) is 2.97. The summed E-state index contributed by atoms with van der Waals surface area (Å²) >= 11 is 0. The van der Waals surface area contributed by atoms with Gasteiger partial charge >= 0.3 is 0 Å². The molecule has 134 valence electrons. The van der Waals surface area contributed by atoms with Crippen LogP contribution < -0.4 is 14.8 Å². The van der Waals surface area contributed by atoms with Crippen LogP contribution in [0.25, 0.3) is 0 Å². The molecule has 0 fully saturated rings. The number of carbonyl (C=O) groups excluding carboxylic acids is 1. The Hall–Kier alpha value is -2.49. The lowest BCUT2D eigenvalue weighted by Crippen LogP contribution is -2.44. The smallest absolute Gasteiger partial charge is 0.261 e. The highest BCUT2D eigenvalue weighted by molar-refractivity contribution is 5.81. The number of carbonyl (C=O) groups is 1. The first-order valence-corrected chi connectivity index (χ1v) is 8.71. The molecule has 2 aromatic carbocycles. The van der Waals surface area contributed by atoms with Gasteiger partial charge in [0.15, 0.2) is 6.10 Å². The van der Waals surface area contributed by atoms with E-state index in [0.29, 0.717) is 18.8 Å². The maximum atomic E-state index is 12.5. The van der Waals surface area contributed by atoms with E-state index in [1.165, 1.54) is 0 Å². The van der Waals surface area contributed by atoms with Crippen molar-refractivity contribution in [3.8, 4) is 11.5 Å². The molecular formula is C21H27NO3. The number of ether oxygens (including phenoxy) is 2. The Morgan fingerprint density at radius 1 is 1.12 bits per heavy atom. The lowest BCUT2D eigenvalue weighted by Gasteiger charge is -2.21. The van der Waals surface area contributed by atoms with Crippen LogP contribution in [0.1, 0.15) is 31.4 Å². The highest BCUT2D eigenvalue weighted by atomic mass is 16.5. The summed E-state index contributed by atoms with van der Waals surface area (Å²) in [7, 11) is 0. The third-order valence-electron chi connectivity index (χ3n) is 3.90. The molecule has 0 saturated heterocycles. The highest BCUT2D eigenvalue weighted by Crippen LogP contribution is 2.17. The zero-order valence-corrected chi connectivity index (χ0v) is 15.4. The van der Waals surface area contributed by atoms with Crippen molar-refractivity contribution in [1.82, 2.24) is 5.32 Å². The third kappa shape index (κ3) is 5.82. The fourth-order valence-corrected chi connectivity index (χ4v) is 2.49. The van der Waals surface area contributed by atoms with Crippen molar-refractivity contribution in [3.05, 3.63) is 59.7 Å². The van der Waals surface area contributed by atoms with Crippen molar-refractivity contribution < 1.29 is 14.3 Å². The fraction of sp³-hybridized carbons (Fsp3) is 0.381. The maximum Gasteiger partial charge on any atom is 0.261 e. The van der Waals surface area contributed by atoms with Gasteiger partial charge in [0, 0.05) is 0 Å². The van der Waals surface area contributed by atoms with Crippen molar-refractivity contribution >= 4 is 5.91 Å². The summed E-state index contributed by atoms with van der Waals surface area (Å²) < 4.78 is 11.6. The number of rotatable bonds is 8. The molecule has 0 heterocycles. The third-order valence-corrected chi connectivity index (χ3v) is 3.90. The minimum Gasteiger partial charge on any atom is -0.491 e. The minimum atomic E-state index is -0.511. The quantitative estimate of drug-likeness (QED) is 0.788. The monoisotopic (exact) mass is 341 g/mol. The Bertz CT molecular complexity index is 699. The van der Waals surface area contributed by atoms with Crippen LogP contribution >= 0.6 is 0 Å². The zero-order valence-electron chi connectivity index (χ0n) is 15.4. The zero-order chi connectivity index (χ0) is 18.2. The average Bonchev–Trinajstić information content (AvgIpc) is 2.59. The largest absolute Gasteiger partial charge is 0.491 e. The lowest BCUT2D eigenvalue weighted by molar-refractivity contribution is -0.128. The van der Waals surface area contributed by atoms with Crippen molar-refractivity contribution in [2.45, 2.75) is 46.3 Å². The van der Waals surface area contributed by atoms with E-state index in [2.05, 4.69) is 5.32 Å². The lowest BCUT2D eigenvalue weighted by atomic mass is 10.2. The first-order valence-electron chi connectivity index (χ1n) is 8.71. The van der Waals surface area contributed by atoms with E-state index in [-0.39, 0.29) is 11.9 Å². The Morgan fingerprint density at radius 3 is 2.56 bits per heavy atom. The van der Waals surface area contributed by atoms with E-state index in [1.807, 2.05) is 76.2 Å². The molecule has 0 aliphatic rings. The normalized spacial score (nSPS) is 13.0. The van der Waals surface area contributed by atoms with Gasteiger partial charge in [0.25, 0.3) is 5.91 Å². The second-order valence-corrected chi connectivity index (χ2v) is 6.32. The number of hydrogen-bond acceptors (Lipinski definition) is 3. The number of para-hydroxylation sites is 1. The molecule has 0 aliphatic heterocycles. The average molecular weight is 341 g/mol. The van der Waals surface area contributed by atoms with E-state index in [0.717, 1.165) is 16.9 Å². The Labute approximate surface area is 150 Å². The van der Waals surface area contributed by atoms with E-state index in [4.69, 9.17) is 9.47 Å². The van der Waals surface area contributed by atoms with Gasteiger partial charge < -0.3 is 14.8 Å². The number of amides is 1. The SMILES string of the molecule is CC[C@@H](Oc1cccc(C)c1)C(=O)N[C@@H](C)COc1ccccc1C. The molecule has 0 spiro atoms. The van der Waals surface area contributed by atoms with Gasteiger partial charge in [-0.25, -0.2) is 0 Å². The molecule has 1 amide bonds. The van der Waals surface area contributed by atoms with Gasteiger partial charge in [-0.1, -0.05) is 37.3 Å². The topological polar surface area (TPSA) is 47.6 Å². The first kappa shape index (κ1) is 18.8. The molecule has 25 heavy (non-hydrogen) atoms. The maximum absolute atomic E-state index is 12.5. The molecule has 2 rings (SSSR count). The summed E-state index contributed by atoms with van der Waals surface area (Å²) in [4.78, 5) is 12.5. The number of aryl methyl sites for hydroxylation is 2. The van der Waals surface area contributed by atoms with E-state index in [1.54, 1.807) is 0 Å². The molecule has 2 aromatic rings.